The largest absolute Gasteiger partial charge is 0.447 e. The Hall–Kier alpha value is -2.15. The van der Waals surface area contributed by atoms with E-state index >= 15 is 0 Å². The summed E-state index contributed by atoms with van der Waals surface area (Å²) < 4.78 is 4.61. The third-order valence-electron chi connectivity index (χ3n) is 2.30. The van der Waals surface area contributed by atoms with Crippen molar-refractivity contribution in [2.75, 3.05) is 18.5 Å². The normalized spacial score (nSPS) is 9.94. The standard InChI is InChI=1S/C11H14N2O5/c1-7-5-8(2)10(13(16)17)6-9(7)12-11(15)18-4-3-14/h5-6,14H,3-4H2,1-2H3,(H,12,15). The zero-order chi connectivity index (χ0) is 13.7. The van der Waals surface area contributed by atoms with Crippen molar-refractivity contribution in [3.05, 3.63) is 33.4 Å². The summed E-state index contributed by atoms with van der Waals surface area (Å²) in [5, 5.41) is 21.7. The molecule has 0 aliphatic carbocycles. The average molecular weight is 254 g/mol. The molecule has 0 spiro atoms. The average Bonchev–Trinajstić information content (AvgIpc) is 2.29. The maximum Gasteiger partial charge on any atom is 0.411 e. The molecule has 0 aromatic heterocycles. The predicted molar refractivity (Wildman–Crippen MR) is 64.6 cm³/mol. The van der Waals surface area contributed by atoms with E-state index in [1.54, 1.807) is 19.9 Å². The van der Waals surface area contributed by atoms with Crippen molar-refractivity contribution < 1.29 is 19.6 Å². The number of aryl methyl sites for hydroxylation is 2. The number of nitro groups is 1. The number of nitro benzene ring substituents is 1. The number of anilines is 1. The second-order valence-electron chi connectivity index (χ2n) is 3.70. The van der Waals surface area contributed by atoms with E-state index in [1.807, 2.05) is 0 Å². The molecule has 1 amide bonds. The fourth-order valence-corrected chi connectivity index (χ4v) is 1.46. The molecule has 2 N–H and O–H groups in total. The lowest BCUT2D eigenvalue weighted by atomic mass is 10.1. The van der Waals surface area contributed by atoms with Crippen molar-refractivity contribution in [1.29, 1.82) is 0 Å². The van der Waals surface area contributed by atoms with Crippen LogP contribution in [-0.2, 0) is 4.74 Å². The first-order valence-corrected chi connectivity index (χ1v) is 5.26. The van der Waals surface area contributed by atoms with Crippen molar-refractivity contribution in [1.82, 2.24) is 0 Å². The first kappa shape index (κ1) is 13.9. The third kappa shape index (κ3) is 3.42. The third-order valence-corrected chi connectivity index (χ3v) is 2.30. The molecule has 7 heteroatoms. The maximum atomic E-state index is 11.3. The number of carbonyl (C=O) groups excluding carboxylic acids is 1. The predicted octanol–water partition coefficient (Wildman–Crippen LogP) is 1.75. The topological polar surface area (TPSA) is 102 Å². The van der Waals surface area contributed by atoms with Crippen LogP contribution in [0.25, 0.3) is 0 Å². The quantitative estimate of drug-likeness (QED) is 0.629. The number of benzene rings is 1. The summed E-state index contributed by atoms with van der Waals surface area (Å²) in [7, 11) is 0. The van der Waals surface area contributed by atoms with E-state index < -0.39 is 11.0 Å². The molecular formula is C11H14N2O5. The van der Waals surface area contributed by atoms with Gasteiger partial charge in [0, 0.05) is 11.6 Å². The molecule has 98 valence electrons. The van der Waals surface area contributed by atoms with Crippen LogP contribution < -0.4 is 5.32 Å². The van der Waals surface area contributed by atoms with Crippen molar-refractivity contribution in [2.45, 2.75) is 13.8 Å². The Kier molecular flexibility index (Phi) is 4.61. The highest BCUT2D eigenvalue weighted by atomic mass is 16.6. The lowest BCUT2D eigenvalue weighted by molar-refractivity contribution is -0.385. The van der Waals surface area contributed by atoms with Gasteiger partial charge in [-0.3, -0.25) is 15.4 Å². The summed E-state index contributed by atoms with van der Waals surface area (Å²) >= 11 is 0. The van der Waals surface area contributed by atoms with Gasteiger partial charge in [0.25, 0.3) is 5.69 Å². The minimum atomic E-state index is -0.759. The van der Waals surface area contributed by atoms with Gasteiger partial charge in [0.1, 0.15) is 6.61 Å². The molecular weight excluding hydrogens is 240 g/mol. The van der Waals surface area contributed by atoms with Crippen molar-refractivity contribution in [2.24, 2.45) is 0 Å². The molecule has 0 aliphatic heterocycles. The van der Waals surface area contributed by atoms with Crippen molar-refractivity contribution >= 4 is 17.5 Å². The number of amides is 1. The second kappa shape index (κ2) is 5.97. The zero-order valence-corrected chi connectivity index (χ0v) is 10.1. The smallest absolute Gasteiger partial charge is 0.411 e. The van der Waals surface area contributed by atoms with Gasteiger partial charge >= 0.3 is 6.09 Å². The van der Waals surface area contributed by atoms with Gasteiger partial charge in [-0.05, 0) is 25.5 Å². The maximum absolute atomic E-state index is 11.3. The van der Waals surface area contributed by atoms with Crippen LogP contribution in [0.4, 0.5) is 16.2 Å². The zero-order valence-electron chi connectivity index (χ0n) is 10.1. The molecule has 1 rings (SSSR count). The van der Waals surface area contributed by atoms with Gasteiger partial charge in [-0.1, -0.05) is 0 Å². The fourth-order valence-electron chi connectivity index (χ4n) is 1.46. The number of nitrogens with zero attached hydrogens (tertiary/aromatic N) is 1. The van der Waals surface area contributed by atoms with E-state index in [9.17, 15) is 14.9 Å². The molecule has 0 unspecified atom stereocenters. The molecule has 0 atom stereocenters. The molecule has 0 saturated carbocycles. The number of aliphatic hydroxyl groups excluding tert-OH is 1. The van der Waals surface area contributed by atoms with E-state index in [0.29, 0.717) is 16.8 Å². The number of hydrogen-bond acceptors (Lipinski definition) is 5. The fraction of sp³-hybridized carbons (Fsp3) is 0.364. The molecule has 0 aliphatic rings. The molecule has 0 saturated heterocycles. The molecule has 0 heterocycles. The minimum absolute atomic E-state index is 0.0712. The van der Waals surface area contributed by atoms with E-state index in [0.717, 1.165) is 0 Å². The summed E-state index contributed by atoms with van der Waals surface area (Å²) in [6.45, 7) is 2.94. The number of nitrogens with one attached hydrogen (secondary N) is 1. The highest BCUT2D eigenvalue weighted by Gasteiger charge is 2.15. The van der Waals surface area contributed by atoms with Crippen LogP contribution >= 0.6 is 0 Å². The van der Waals surface area contributed by atoms with E-state index in [2.05, 4.69) is 10.1 Å². The van der Waals surface area contributed by atoms with Crippen LogP contribution in [0.3, 0.4) is 0 Å². The minimum Gasteiger partial charge on any atom is -0.447 e. The van der Waals surface area contributed by atoms with Gasteiger partial charge in [-0.15, -0.1) is 0 Å². The Morgan fingerprint density at radius 1 is 1.44 bits per heavy atom. The highest BCUT2D eigenvalue weighted by Crippen LogP contribution is 2.26. The Labute approximate surface area is 104 Å². The lowest BCUT2D eigenvalue weighted by Crippen LogP contribution is -2.16. The molecule has 0 radical (unpaired) electrons. The molecule has 1 aromatic carbocycles. The molecule has 18 heavy (non-hydrogen) atoms. The lowest BCUT2D eigenvalue weighted by Gasteiger charge is -2.09. The van der Waals surface area contributed by atoms with E-state index in [-0.39, 0.29) is 18.9 Å². The van der Waals surface area contributed by atoms with Crippen LogP contribution in [0.2, 0.25) is 0 Å². The Morgan fingerprint density at radius 2 is 2.11 bits per heavy atom. The Balaban J connectivity index is 2.92. The highest BCUT2D eigenvalue weighted by molar-refractivity contribution is 5.86. The van der Waals surface area contributed by atoms with Crippen LogP contribution in [-0.4, -0.2) is 29.3 Å². The van der Waals surface area contributed by atoms with Gasteiger partial charge in [0.15, 0.2) is 0 Å². The Morgan fingerprint density at radius 3 is 2.67 bits per heavy atom. The molecule has 1 aromatic rings. The van der Waals surface area contributed by atoms with Gasteiger partial charge < -0.3 is 9.84 Å². The molecule has 7 nitrogen and oxygen atoms in total. The number of rotatable bonds is 4. The van der Waals surface area contributed by atoms with Crippen LogP contribution in [0.1, 0.15) is 11.1 Å². The summed E-state index contributed by atoms with van der Waals surface area (Å²) in [6, 6.07) is 2.89. The van der Waals surface area contributed by atoms with E-state index in [1.165, 1.54) is 6.07 Å². The summed E-state index contributed by atoms with van der Waals surface area (Å²) in [4.78, 5) is 21.5. The Bertz CT molecular complexity index is 473. The number of aliphatic hydroxyl groups is 1. The van der Waals surface area contributed by atoms with Gasteiger partial charge in [-0.25, -0.2) is 4.79 Å². The van der Waals surface area contributed by atoms with E-state index in [4.69, 9.17) is 5.11 Å². The number of ether oxygens (including phenoxy) is 1. The second-order valence-corrected chi connectivity index (χ2v) is 3.70. The van der Waals surface area contributed by atoms with Crippen LogP contribution in [0, 0.1) is 24.0 Å². The van der Waals surface area contributed by atoms with Gasteiger partial charge in [-0.2, -0.15) is 0 Å². The summed E-state index contributed by atoms with van der Waals surface area (Å²) in [5.74, 6) is 0. The molecule has 0 fully saturated rings. The van der Waals surface area contributed by atoms with Crippen LogP contribution in [0.15, 0.2) is 12.1 Å². The SMILES string of the molecule is Cc1cc(C)c([N+](=O)[O-])cc1NC(=O)OCCO. The van der Waals surface area contributed by atoms with Crippen molar-refractivity contribution in [3.63, 3.8) is 0 Å². The van der Waals surface area contributed by atoms with Crippen molar-refractivity contribution in [3.8, 4) is 0 Å². The monoisotopic (exact) mass is 254 g/mol. The van der Waals surface area contributed by atoms with Gasteiger partial charge in [0.2, 0.25) is 0 Å². The summed E-state index contributed by atoms with van der Waals surface area (Å²) in [6.07, 6.45) is -0.759. The summed E-state index contributed by atoms with van der Waals surface area (Å²) in [5.41, 5.74) is 1.46. The van der Waals surface area contributed by atoms with Crippen LogP contribution in [0.5, 0.6) is 0 Å². The first-order valence-electron chi connectivity index (χ1n) is 5.26. The number of hydrogen-bond donors (Lipinski definition) is 2. The molecule has 0 bridgehead atoms. The number of carbonyl (C=O) groups is 1. The first-order chi connectivity index (χ1) is 8.45. The van der Waals surface area contributed by atoms with Gasteiger partial charge in [0.05, 0.1) is 17.2 Å².